The Kier molecular flexibility index (Phi) is 8.09. The highest BCUT2D eigenvalue weighted by Crippen LogP contribution is 2.27. The Labute approximate surface area is 226 Å². The van der Waals surface area contributed by atoms with E-state index < -0.39 is 11.9 Å². The number of benzene rings is 2. The predicted molar refractivity (Wildman–Crippen MR) is 147 cm³/mol. The molecule has 0 aliphatic carbocycles. The maximum absolute atomic E-state index is 12.7. The molecule has 0 bridgehead atoms. The molecule has 0 saturated carbocycles. The normalized spacial score (nSPS) is 11.1. The van der Waals surface area contributed by atoms with E-state index in [9.17, 15) is 14.4 Å². The average Bonchev–Trinajstić information content (AvgIpc) is 3.53. The lowest BCUT2D eigenvalue weighted by Gasteiger charge is -2.14. The second-order valence-corrected chi connectivity index (χ2v) is 9.97. The number of para-hydroxylation sites is 1. The van der Waals surface area contributed by atoms with E-state index in [1.807, 2.05) is 69.3 Å². The number of nitrogens with one attached hydrogen (secondary N) is 4. The maximum atomic E-state index is 12.7. The zero-order valence-corrected chi connectivity index (χ0v) is 22.2. The highest BCUT2D eigenvalue weighted by molar-refractivity contribution is 5.99. The molecule has 4 N–H and O–H groups in total. The van der Waals surface area contributed by atoms with Crippen molar-refractivity contribution >= 4 is 29.4 Å². The smallest absolute Gasteiger partial charge is 0.324 e. The van der Waals surface area contributed by atoms with Gasteiger partial charge in [0.05, 0.1) is 17.9 Å². The number of hydrogen-bond donors (Lipinski definition) is 4. The van der Waals surface area contributed by atoms with Gasteiger partial charge in [-0.3, -0.25) is 14.9 Å². The molecule has 39 heavy (non-hydrogen) atoms. The minimum Gasteiger partial charge on any atom is -0.361 e. The molecule has 11 heteroatoms. The molecule has 2 aromatic carbocycles. The molecule has 4 rings (SSSR count). The molecular weight excluding hydrogens is 498 g/mol. The summed E-state index contributed by atoms with van der Waals surface area (Å²) in [4.78, 5) is 37.1. The van der Waals surface area contributed by atoms with Gasteiger partial charge in [0.25, 0.3) is 5.91 Å². The summed E-state index contributed by atoms with van der Waals surface area (Å²) in [7, 11) is 0. The second kappa shape index (κ2) is 11.6. The number of nitrogens with zero attached hydrogens (tertiary/aromatic N) is 3. The number of urea groups is 1. The third-order valence-corrected chi connectivity index (χ3v) is 5.67. The van der Waals surface area contributed by atoms with Crippen LogP contribution in [0.4, 0.5) is 16.3 Å². The zero-order valence-electron chi connectivity index (χ0n) is 22.2. The van der Waals surface area contributed by atoms with Gasteiger partial charge in [0.2, 0.25) is 5.91 Å². The molecule has 202 valence electrons. The van der Waals surface area contributed by atoms with Crippen molar-refractivity contribution in [2.24, 2.45) is 0 Å². The van der Waals surface area contributed by atoms with E-state index in [-0.39, 0.29) is 30.1 Å². The van der Waals surface area contributed by atoms with Gasteiger partial charge >= 0.3 is 6.03 Å². The van der Waals surface area contributed by atoms with Crippen LogP contribution < -0.4 is 21.3 Å². The molecule has 0 unspecified atom stereocenters. The molecule has 2 heterocycles. The lowest BCUT2D eigenvalue weighted by molar-refractivity contribution is -0.120. The number of aryl methyl sites for hydroxylation is 1. The highest BCUT2D eigenvalue weighted by Gasteiger charge is 2.22. The van der Waals surface area contributed by atoms with Crippen molar-refractivity contribution in [2.75, 3.05) is 17.2 Å². The standard InChI is InChI=1S/C28H31N7O4/c1-18-13-22(34-39-18)26(37)30-17-25(36)29-16-19-9-8-12-21(14-19)35-24(15-23(33-35)28(2,3)4)32-27(38)31-20-10-6-5-7-11-20/h5-15H,16-17H2,1-4H3,(H,29,36)(H,30,37)(H2,31,32,38). The zero-order chi connectivity index (χ0) is 28.0. The van der Waals surface area contributed by atoms with Crippen LogP contribution >= 0.6 is 0 Å². The number of anilines is 2. The molecule has 0 aliphatic rings. The molecule has 0 radical (unpaired) electrons. The number of carbonyl (C=O) groups excluding carboxylic acids is 3. The quantitative estimate of drug-likeness (QED) is 0.270. The Morgan fingerprint density at radius 2 is 1.69 bits per heavy atom. The number of rotatable bonds is 8. The van der Waals surface area contributed by atoms with E-state index in [1.165, 1.54) is 6.07 Å². The lowest BCUT2D eigenvalue weighted by atomic mass is 9.92. The third-order valence-electron chi connectivity index (χ3n) is 5.67. The molecule has 11 nitrogen and oxygen atoms in total. The van der Waals surface area contributed by atoms with E-state index in [0.717, 1.165) is 11.3 Å². The van der Waals surface area contributed by atoms with Gasteiger partial charge in [-0.25, -0.2) is 9.48 Å². The first kappa shape index (κ1) is 27.1. The van der Waals surface area contributed by atoms with Crippen molar-refractivity contribution < 1.29 is 18.9 Å². The molecule has 0 spiro atoms. The monoisotopic (exact) mass is 529 g/mol. The fraction of sp³-hybridized carbons (Fsp3) is 0.250. The van der Waals surface area contributed by atoms with Crippen molar-refractivity contribution in [1.82, 2.24) is 25.6 Å². The Bertz CT molecular complexity index is 1470. The van der Waals surface area contributed by atoms with Crippen LogP contribution in [-0.4, -0.2) is 39.3 Å². The summed E-state index contributed by atoms with van der Waals surface area (Å²) in [6.45, 7) is 7.84. The molecule has 4 aromatic rings. The Hall–Kier alpha value is -4.93. The van der Waals surface area contributed by atoms with Crippen molar-refractivity contribution in [1.29, 1.82) is 0 Å². The molecule has 2 aromatic heterocycles. The molecular formula is C28H31N7O4. The number of amides is 4. The summed E-state index contributed by atoms with van der Waals surface area (Å²) < 4.78 is 6.54. The highest BCUT2D eigenvalue weighted by atomic mass is 16.5. The van der Waals surface area contributed by atoms with Crippen molar-refractivity contribution in [2.45, 2.75) is 39.7 Å². The van der Waals surface area contributed by atoms with E-state index >= 15 is 0 Å². The third kappa shape index (κ3) is 7.31. The van der Waals surface area contributed by atoms with Crippen LogP contribution in [0, 0.1) is 6.92 Å². The van der Waals surface area contributed by atoms with Gasteiger partial charge < -0.3 is 20.5 Å². The average molecular weight is 530 g/mol. The van der Waals surface area contributed by atoms with Gasteiger partial charge in [-0.2, -0.15) is 5.10 Å². The van der Waals surface area contributed by atoms with E-state index in [4.69, 9.17) is 9.62 Å². The van der Waals surface area contributed by atoms with E-state index in [2.05, 4.69) is 26.4 Å². The number of hydrogen-bond acceptors (Lipinski definition) is 6. The fourth-order valence-electron chi connectivity index (χ4n) is 3.62. The van der Waals surface area contributed by atoms with Crippen LogP contribution in [0.25, 0.3) is 5.69 Å². The van der Waals surface area contributed by atoms with Crippen molar-refractivity contribution in [3.05, 3.63) is 89.4 Å². The summed E-state index contributed by atoms with van der Waals surface area (Å²) in [5.74, 6) is 0.156. The van der Waals surface area contributed by atoms with Gasteiger partial charge in [-0.05, 0) is 36.8 Å². The van der Waals surface area contributed by atoms with Crippen molar-refractivity contribution in [3.63, 3.8) is 0 Å². The van der Waals surface area contributed by atoms with Gasteiger partial charge in [-0.1, -0.05) is 56.3 Å². The summed E-state index contributed by atoms with van der Waals surface area (Å²) in [5, 5.41) is 19.4. The molecule has 0 saturated heterocycles. The van der Waals surface area contributed by atoms with Gasteiger partial charge in [0.1, 0.15) is 11.6 Å². The molecule has 0 fully saturated rings. The van der Waals surface area contributed by atoms with Crippen LogP contribution in [-0.2, 0) is 16.8 Å². The maximum Gasteiger partial charge on any atom is 0.324 e. The molecule has 0 aliphatic heterocycles. The van der Waals surface area contributed by atoms with Crippen molar-refractivity contribution in [3.8, 4) is 5.69 Å². The summed E-state index contributed by atoms with van der Waals surface area (Å²) in [5.41, 5.74) is 2.85. The SMILES string of the molecule is Cc1cc(C(=O)NCC(=O)NCc2cccc(-n3nc(C(C)(C)C)cc3NC(=O)Nc3ccccc3)c2)no1. The Morgan fingerprint density at radius 1 is 0.923 bits per heavy atom. The largest absolute Gasteiger partial charge is 0.361 e. The van der Waals surface area contributed by atoms with Crippen LogP contribution in [0.2, 0.25) is 0 Å². The Balaban J connectivity index is 1.43. The predicted octanol–water partition coefficient (Wildman–Crippen LogP) is 4.16. The van der Waals surface area contributed by atoms with Crippen LogP contribution in [0.5, 0.6) is 0 Å². The van der Waals surface area contributed by atoms with Crippen LogP contribution in [0.3, 0.4) is 0 Å². The first-order valence-electron chi connectivity index (χ1n) is 12.4. The lowest BCUT2D eigenvalue weighted by Crippen LogP contribution is -2.36. The minimum atomic E-state index is -0.492. The Morgan fingerprint density at radius 3 is 2.38 bits per heavy atom. The summed E-state index contributed by atoms with van der Waals surface area (Å²) >= 11 is 0. The summed E-state index contributed by atoms with van der Waals surface area (Å²) in [6.07, 6.45) is 0. The topological polar surface area (TPSA) is 143 Å². The van der Waals surface area contributed by atoms with Crippen LogP contribution in [0.15, 0.2) is 71.3 Å². The first-order valence-corrected chi connectivity index (χ1v) is 12.4. The van der Waals surface area contributed by atoms with E-state index in [1.54, 1.807) is 23.7 Å². The van der Waals surface area contributed by atoms with Gasteiger partial charge in [0, 0.05) is 29.8 Å². The number of carbonyl (C=O) groups is 3. The van der Waals surface area contributed by atoms with Crippen LogP contribution in [0.1, 0.15) is 48.3 Å². The van der Waals surface area contributed by atoms with Gasteiger partial charge in [0.15, 0.2) is 5.69 Å². The first-order chi connectivity index (χ1) is 18.6. The number of aromatic nitrogens is 3. The second-order valence-electron chi connectivity index (χ2n) is 9.97. The minimum absolute atomic E-state index is 0.115. The molecule has 0 atom stereocenters. The van der Waals surface area contributed by atoms with E-state index in [0.29, 0.717) is 23.0 Å². The van der Waals surface area contributed by atoms with Gasteiger partial charge in [-0.15, -0.1) is 0 Å². The summed E-state index contributed by atoms with van der Waals surface area (Å²) in [6, 6.07) is 19.6. The molecule has 4 amide bonds. The fourth-order valence-corrected chi connectivity index (χ4v) is 3.62.